The van der Waals surface area contributed by atoms with Gasteiger partial charge in [0.1, 0.15) is 0 Å². The lowest BCUT2D eigenvalue weighted by Crippen LogP contribution is -2.08. The quantitative estimate of drug-likeness (QED) is 0.599. The molecule has 0 N–H and O–H groups in total. The van der Waals surface area contributed by atoms with Crippen molar-refractivity contribution in [2.75, 3.05) is 14.2 Å². The van der Waals surface area contributed by atoms with E-state index in [1.54, 1.807) is 6.07 Å². The molecule has 0 aliphatic heterocycles. The van der Waals surface area contributed by atoms with Crippen LogP contribution in [0.5, 0.6) is 0 Å². The number of nitriles is 1. The summed E-state index contributed by atoms with van der Waals surface area (Å²) in [7, 11) is 2.49. The number of carbonyl (C=O) groups is 2. The normalized spacial score (nSPS) is 9.83. The number of rotatable bonds is 3. The fourth-order valence-electron chi connectivity index (χ4n) is 1.36. The number of nitrogens with zero attached hydrogens (tertiary/aromatic N) is 1. The molecule has 0 spiro atoms. The molecular weight excluding hydrogens is 234 g/mol. The van der Waals surface area contributed by atoms with Gasteiger partial charge in [0, 0.05) is 6.08 Å². The number of methoxy groups -OCH3 is 2. The van der Waals surface area contributed by atoms with E-state index in [2.05, 4.69) is 9.47 Å². The van der Waals surface area contributed by atoms with E-state index >= 15 is 0 Å². The van der Waals surface area contributed by atoms with Crippen LogP contribution in [0.3, 0.4) is 0 Å². The lowest BCUT2D eigenvalue weighted by Gasteiger charge is -2.06. The summed E-state index contributed by atoms with van der Waals surface area (Å²) < 4.78 is 9.18. The maximum Gasteiger partial charge on any atom is 0.338 e. The third-order valence-corrected chi connectivity index (χ3v) is 2.22. The van der Waals surface area contributed by atoms with Gasteiger partial charge in [0.2, 0.25) is 0 Å². The van der Waals surface area contributed by atoms with Gasteiger partial charge in [0.25, 0.3) is 0 Å². The molecule has 0 aromatic heterocycles. The monoisotopic (exact) mass is 245 g/mol. The average Bonchev–Trinajstić information content (AvgIpc) is 2.43. The van der Waals surface area contributed by atoms with Crippen molar-refractivity contribution in [1.29, 1.82) is 5.26 Å². The molecule has 0 atom stereocenters. The second kappa shape index (κ2) is 6.21. The number of hydrogen-bond donors (Lipinski definition) is 0. The zero-order valence-electron chi connectivity index (χ0n) is 9.97. The summed E-state index contributed by atoms with van der Waals surface area (Å²) >= 11 is 0. The van der Waals surface area contributed by atoms with E-state index in [1.165, 1.54) is 38.5 Å². The summed E-state index contributed by atoms with van der Waals surface area (Å²) in [5.41, 5.74) is 0.940. The Morgan fingerprint density at radius 3 is 2.44 bits per heavy atom. The Morgan fingerprint density at radius 2 is 1.89 bits per heavy atom. The Kier molecular flexibility index (Phi) is 4.64. The van der Waals surface area contributed by atoms with E-state index in [1.807, 2.05) is 6.07 Å². The molecule has 0 aliphatic carbocycles. The molecule has 1 aromatic rings. The van der Waals surface area contributed by atoms with Gasteiger partial charge in [0.15, 0.2) is 0 Å². The van der Waals surface area contributed by atoms with Crippen LogP contribution >= 0.6 is 0 Å². The van der Waals surface area contributed by atoms with Crippen LogP contribution in [0.25, 0.3) is 6.08 Å². The van der Waals surface area contributed by atoms with Crippen LogP contribution in [0.1, 0.15) is 26.3 Å². The van der Waals surface area contributed by atoms with Gasteiger partial charge in [0.05, 0.1) is 31.4 Å². The van der Waals surface area contributed by atoms with Gasteiger partial charge >= 0.3 is 11.9 Å². The topological polar surface area (TPSA) is 76.4 Å². The fraction of sp³-hybridized carbons (Fsp3) is 0.154. The van der Waals surface area contributed by atoms with E-state index in [9.17, 15) is 9.59 Å². The average molecular weight is 245 g/mol. The van der Waals surface area contributed by atoms with Gasteiger partial charge in [-0.15, -0.1) is 0 Å². The number of allylic oxidation sites excluding steroid dienone is 1. The molecule has 1 aromatic carbocycles. The Labute approximate surface area is 104 Å². The maximum absolute atomic E-state index is 11.6. The fourth-order valence-corrected chi connectivity index (χ4v) is 1.36. The van der Waals surface area contributed by atoms with Crippen LogP contribution < -0.4 is 0 Å². The van der Waals surface area contributed by atoms with Crippen molar-refractivity contribution < 1.29 is 19.1 Å². The highest BCUT2D eigenvalue weighted by molar-refractivity contribution is 5.98. The Balaban J connectivity index is 3.29. The maximum atomic E-state index is 11.6. The number of benzene rings is 1. The lowest BCUT2D eigenvalue weighted by molar-refractivity contribution is 0.0599. The molecule has 5 nitrogen and oxygen atoms in total. The zero-order chi connectivity index (χ0) is 13.5. The van der Waals surface area contributed by atoms with E-state index in [-0.39, 0.29) is 11.1 Å². The van der Waals surface area contributed by atoms with Crippen molar-refractivity contribution >= 4 is 18.0 Å². The summed E-state index contributed by atoms with van der Waals surface area (Å²) in [4.78, 5) is 22.9. The van der Waals surface area contributed by atoms with Crippen LogP contribution in [-0.2, 0) is 9.47 Å². The summed E-state index contributed by atoms with van der Waals surface area (Å²) in [6.07, 6.45) is 2.70. The molecule has 0 fully saturated rings. The largest absolute Gasteiger partial charge is 0.465 e. The minimum absolute atomic E-state index is 0.201. The second-order valence-electron chi connectivity index (χ2n) is 3.25. The van der Waals surface area contributed by atoms with Crippen molar-refractivity contribution in [3.05, 3.63) is 41.0 Å². The van der Waals surface area contributed by atoms with Crippen molar-refractivity contribution in [2.45, 2.75) is 0 Å². The summed E-state index contributed by atoms with van der Waals surface area (Å²) in [6.45, 7) is 0. The summed E-state index contributed by atoms with van der Waals surface area (Å²) in [6, 6.07) is 6.25. The highest BCUT2D eigenvalue weighted by Crippen LogP contribution is 2.16. The number of esters is 2. The molecule has 0 saturated carbocycles. The molecule has 92 valence electrons. The lowest BCUT2D eigenvalue weighted by atomic mass is 10.0. The van der Waals surface area contributed by atoms with E-state index in [0.717, 1.165) is 0 Å². The van der Waals surface area contributed by atoms with Crippen molar-refractivity contribution in [3.63, 3.8) is 0 Å². The van der Waals surface area contributed by atoms with Gasteiger partial charge in [-0.1, -0.05) is 6.07 Å². The number of ether oxygens (including phenoxy) is 2. The predicted octanol–water partition coefficient (Wildman–Crippen LogP) is 1.80. The van der Waals surface area contributed by atoms with E-state index in [4.69, 9.17) is 5.26 Å². The Morgan fingerprint density at radius 1 is 1.22 bits per heavy atom. The van der Waals surface area contributed by atoms with Crippen LogP contribution in [0.4, 0.5) is 0 Å². The zero-order valence-corrected chi connectivity index (χ0v) is 9.97. The number of carbonyl (C=O) groups excluding carboxylic acids is 2. The first kappa shape index (κ1) is 13.5. The van der Waals surface area contributed by atoms with Crippen molar-refractivity contribution in [2.24, 2.45) is 0 Å². The van der Waals surface area contributed by atoms with Gasteiger partial charge < -0.3 is 9.47 Å². The smallest absolute Gasteiger partial charge is 0.338 e. The SMILES string of the molecule is COC(=O)c1ccc(/C=C/C#N)c(C(=O)OC)c1. The second-order valence-corrected chi connectivity index (χ2v) is 3.25. The molecule has 0 bridgehead atoms. The first-order valence-electron chi connectivity index (χ1n) is 5.01. The Bertz CT molecular complexity index is 540. The molecule has 0 aliphatic rings. The summed E-state index contributed by atoms with van der Waals surface area (Å²) in [5, 5.41) is 8.47. The van der Waals surface area contributed by atoms with Crippen LogP contribution in [0.2, 0.25) is 0 Å². The minimum Gasteiger partial charge on any atom is -0.465 e. The predicted molar refractivity (Wildman–Crippen MR) is 63.8 cm³/mol. The molecular formula is C13H11NO4. The minimum atomic E-state index is -0.585. The molecule has 0 unspecified atom stereocenters. The van der Waals surface area contributed by atoms with Gasteiger partial charge in [-0.2, -0.15) is 5.26 Å². The molecule has 0 heterocycles. The molecule has 0 saturated heterocycles. The molecule has 1 rings (SSSR count). The van der Waals surface area contributed by atoms with E-state index < -0.39 is 11.9 Å². The molecule has 0 amide bonds. The number of hydrogen-bond acceptors (Lipinski definition) is 5. The first-order chi connectivity index (χ1) is 8.63. The highest BCUT2D eigenvalue weighted by atomic mass is 16.5. The van der Waals surface area contributed by atoms with Crippen molar-refractivity contribution in [3.8, 4) is 6.07 Å². The Hall–Kier alpha value is -2.61. The third kappa shape index (κ3) is 2.95. The van der Waals surface area contributed by atoms with Gasteiger partial charge in [-0.25, -0.2) is 9.59 Å². The highest BCUT2D eigenvalue weighted by Gasteiger charge is 2.14. The van der Waals surface area contributed by atoms with Gasteiger partial charge in [-0.05, 0) is 23.8 Å². The molecule has 18 heavy (non-hydrogen) atoms. The molecule has 0 radical (unpaired) electrons. The van der Waals surface area contributed by atoms with Gasteiger partial charge in [-0.3, -0.25) is 0 Å². The van der Waals surface area contributed by atoms with E-state index in [0.29, 0.717) is 5.56 Å². The van der Waals surface area contributed by atoms with Crippen LogP contribution in [-0.4, -0.2) is 26.2 Å². The molecule has 5 heteroatoms. The van der Waals surface area contributed by atoms with Crippen LogP contribution in [0.15, 0.2) is 24.3 Å². The van der Waals surface area contributed by atoms with Crippen LogP contribution in [0, 0.1) is 11.3 Å². The first-order valence-corrected chi connectivity index (χ1v) is 5.01. The third-order valence-electron chi connectivity index (χ3n) is 2.22. The summed E-state index contributed by atoms with van der Waals surface area (Å²) in [5.74, 6) is -1.13. The standard InChI is InChI=1S/C13H11NO4/c1-17-12(15)10-6-5-9(4-3-7-14)11(8-10)13(16)18-2/h3-6,8H,1-2H3/b4-3+. The van der Waals surface area contributed by atoms with Crippen molar-refractivity contribution in [1.82, 2.24) is 0 Å².